The molecule has 0 spiro atoms. The molecule has 4 rings (SSSR count). The van der Waals surface area contributed by atoms with Crippen molar-refractivity contribution in [3.05, 3.63) is 35.1 Å². The Kier molecular flexibility index (Phi) is 3.18. The van der Waals surface area contributed by atoms with Gasteiger partial charge in [0.1, 0.15) is 5.76 Å². The van der Waals surface area contributed by atoms with Gasteiger partial charge in [-0.15, -0.1) is 0 Å². The summed E-state index contributed by atoms with van der Waals surface area (Å²) in [6.07, 6.45) is 2.97. The fraction of sp³-hybridized carbons (Fsp3) is 0.353. The van der Waals surface area contributed by atoms with E-state index >= 15 is 0 Å². The van der Waals surface area contributed by atoms with Crippen molar-refractivity contribution in [2.75, 3.05) is 5.73 Å². The molecule has 0 bridgehead atoms. The maximum atomic E-state index is 5.95. The second kappa shape index (κ2) is 5.22. The second-order valence-corrected chi connectivity index (χ2v) is 6.22. The predicted molar refractivity (Wildman–Crippen MR) is 85.6 cm³/mol. The molecule has 2 N–H and O–H groups in total. The van der Waals surface area contributed by atoms with Crippen molar-refractivity contribution in [1.29, 1.82) is 0 Å². The first-order valence-corrected chi connectivity index (χ1v) is 7.80. The van der Waals surface area contributed by atoms with E-state index in [1.807, 2.05) is 25.1 Å². The summed E-state index contributed by atoms with van der Waals surface area (Å²) < 4.78 is 10.9. The molecule has 118 valence electrons. The van der Waals surface area contributed by atoms with E-state index in [2.05, 4.69) is 22.2 Å². The number of benzene rings is 1. The van der Waals surface area contributed by atoms with Crippen LogP contribution in [0.25, 0.3) is 23.0 Å². The molecule has 3 aromatic rings. The average molecular weight is 310 g/mol. The Morgan fingerprint density at radius 2 is 2.09 bits per heavy atom. The van der Waals surface area contributed by atoms with Crippen LogP contribution in [-0.4, -0.2) is 15.3 Å². The lowest BCUT2D eigenvalue weighted by molar-refractivity contribution is 0.355. The number of rotatable bonds is 2. The summed E-state index contributed by atoms with van der Waals surface area (Å²) in [6, 6.07) is 5.67. The molecule has 23 heavy (non-hydrogen) atoms. The van der Waals surface area contributed by atoms with Crippen LogP contribution in [0.2, 0.25) is 0 Å². The number of anilines is 1. The van der Waals surface area contributed by atoms with E-state index in [-0.39, 0.29) is 0 Å². The molecule has 6 heteroatoms. The number of nitrogens with two attached hydrogens (primary N) is 1. The van der Waals surface area contributed by atoms with Gasteiger partial charge in [-0.1, -0.05) is 29.4 Å². The van der Waals surface area contributed by atoms with E-state index in [9.17, 15) is 0 Å². The smallest absolute Gasteiger partial charge is 0.280 e. The average Bonchev–Trinajstić information content (AvgIpc) is 3.16. The van der Waals surface area contributed by atoms with Crippen molar-refractivity contribution in [3.8, 4) is 23.0 Å². The lowest BCUT2D eigenvalue weighted by Crippen LogP contribution is -2.09. The fourth-order valence-corrected chi connectivity index (χ4v) is 3.07. The molecule has 1 aliphatic carbocycles. The van der Waals surface area contributed by atoms with E-state index in [1.165, 1.54) is 0 Å². The molecule has 0 saturated heterocycles. The van der Waals surface area contributed by atoms with Crippen LogP contribution < -0.4 is 5.73 Å². The van der Waals surface area contributed by atoms with E-state index in [4.69, 9.17) is 14.8 Å². The maximum Gasteiger partial charge on any atom is 0.280 e. The van der Waals surface area contributed by atoms with Gasteiger partial charge in [0.25, 0.3) is 5.89 Å². The van der Waals surface area contributed by atoms with Crippen LogP contribution in [0, 0.1) is 12.8 Å². The second-order valence-electron chi connectivity index (χ2n) is 6.22. The van der Waals surface area contributed by atoms with Crippen molar-refractivity contribution in [1.82, 2.24) is 15.3 Å². The molecule has 2 aromatic heterocycles. The summed E-state index contributed by atoms with van der Waals surface area (Å²) in [4.78, 5) is 4.50. The monoisotopic (exact) mass is 310 g/mol. The highest BCUT2D eigenvalue weighted by Crippen LogP contribution is 2.34. The summed E-state index contributed by atoms with van der Waals surface area (Å²) in [6.45, 7) is 4.18. The largest absolute Gasteiger partial charge is 0.398 e. The maximum absolute atomic E-state index is 5.95. The zero-order valence-corrected chi connectivity index (χ0v) is 13.2. The molecule has 0 amide bonds. The number of nitrogen functional groups attached to an aromatic ring is 1. The van der Waals surface area contributed by atoms with E-state index in [1.54, 1.807) is 0 Å². The van der Waals surface area contributed by atoms with Gasteiger partial charge in [0.2, 0.25) is 5.82 Å². The van der Waals surface area contributed by atoms with Crippen LogP contribution in [0.1, 0.15) is 30.2 Å². The Morgan fingerprint density at radius 1 is 1.22 bits per heavy atom. The number of hydrogen-bond acceptors (Lipinski definition) is 6. The number of fused-ring (bicyclic) bond motifs is 1. The molecule has 1 aliphatic rings. The lowest BCUT2D eigenvalue weighted by atomic mass is 9.88. The van der Waals surface area contributed by atoms with Crippen molar-refractivity contribution in [2.24, 2.45) is 5.92 Å². The molecule has 0 saturated carbocycles. The third kappa shape index (κ3) is 2.30. The molecular weight excluding hydrogens is 292 g/mol. The van der Waals surface area contributed by atoms with Crippen LogP contribution in [-0.2, 0) is 12.8 Å². The molecule has 0 aliphatic heterocycles. The highest BCUT2D eigenvalue weighted by atomic mass is 16.5. The molecule has 0 radical (unpaired) electrons. The molecular formula is C17H18N4O2. The van der Waals surface area contributed by atoms with Gasteiger partial charge < -0.3 is 14.8 Å². The quantitative estimate of drug-likeness (QED) is 0.729. The number of nitrogens with zero attached hydrogens (tertiary/aromatic N) is 3. The topological polar surface area (TPSA) is 91.0 Å². The number of aryl methyl sites for hydroxylation is 1. The van der Waals surface area contributed by atoms with Gasteiger partial charge in [-0.25, -0.2) is 0 Å². The predicted octanol–water partition coefficient (Wildman–Crippen LogP) is 3.41. The highest BCUT2D eigenvalue weighted by Gasteiger charge is 2.27. The number of aromatic nitrogens is 3. The van der Waals surface area contributed by atoms with Gasteiger partial charge in [-0.3, -0.25) is 0 Å². The lowest BCUT2D eigenvalue weighted by Gasteiger charge is -2.15. The van der Waals surface area contributed by atoms with E-state index < -0.39 is 0 Å². The Morgan fingerprint density at radius 3 is 2.96 bits per heavy atom. The van der Waals surface area contributed by atoms with Crippen molar-refractivity contribution >= 4 is 5.69 Å². The molecule has 1 atom stereocenters. The van der Waals surface area contributed by atoms with Gasteiger partial charge in [0.15, 0.2) is 5.69 Å². The molecule has 1 aromatic carbocycles. The van der Waals surface area contributed by atoms with Gasteiger partial charge in [0, 0.05) is 23.2 Å². The van der Waals surface area contributed by atoms with E-state index in [0.29, 0.717) is 29.0 Å². The van der Waals surface area contributed by atoms with Gasteiger partial charge >= 0.3 is 0 Å². The first-order chi connectivity index (χ1) is 11.1. The number of hydrogen-bond donors (Lipinski definition) is 1. The van der Waals surface area contributed by atoms with Gasteiger partial charge in [-0.2, -0.15) is 4.98 Å². The standard InChI is InChI=1S/C17H18N4O2/c1-9-6-7-14-12(8-9)15(20-22-14)17-19-16(21-23-17)11-4-3-5-13(18)10(11)2/h3-5,9H,6-8,18H2,1-2H3. The molecule has 0 fully saturated rings. The normalized spacial score (nSPS) is 17.2. The van der Waals surface area contributed by atoms with Crippen LogP contribution in [0.15, 0.2) is 27.2 Å². The van der Waals surface area contributed by atoms with Crippen LogP contribution >= 0.6 is 0 Å². The minimum atomic E-state index is 0.404. The van der Waals surface area contributed by atoms with Crippen molar-refractivity contribution in [2.45, 2.75) is 33.1 Å². The Hall–Kier alpha value is -2.63. The molecule has 2 heterocycles. The summed E-state index contributed by atoms with van der Waals surface area (Å²) in [5.74, 6) is 2.48. The summed E-state index contributed by atoms with van der Waals surface area (Å²) >= 11 is 0. The Labute approximate surface area is 133 Å². The van der Waals surface area contributed by atoms with Crippen LogP contribution in [0.4, 0.5) is 5.69 Å². The summed E-state index contributed by atoms with van der Waals surface area (Å²) in [5, 5.41) is 8.24. The molecule has 1 unspecified atom stereocenters. The first kappa shape index (κ1) is 14.0. The van der Waals surface area contributed by atoms with Gasteiger partial charge in [-0.05, 0) is 37.3 Å². The highest BCUT2D eigenvalue weighted by molar-refractivity contribution is 5.68. The Balaban J connectivity index is 1.75. The van der Waals surface area contributed by atoms with Crippen molar-refractivity contribution in [3.63, 3.8) is 0 Å². The van der Waals surface area contributed by atoms with Gasteiger partial charge in [0.05, 0.1) is 0 Å². The SMILES string of the molecule is Cc1c(N)cccc1-c1noc(-c2noc3c2CC(C)CC3)n1. The molecule has 6 nitrogen and oxygen atoms in total. The summed E-state index contributed by atoms with van der Waals surface area (Å²) in [5.41, 5.74) is 10.2. The van der Waals surface area contributed by atoms with E-state index in [0.717, 1.165) is 41.7 Å². The minimum absolute atomic E-state index is 0.404. The zero-order chi connectivity index (χ0) is 16.0. The minimum Gasteiger partial charge on any atom is -0.398 e. The zero-order valence-electron chi connectivity index (χ0n) is 13.2. The van der Waals surface area contributed by atoms with Crippen LogP contribution in [0.3, 0.4) is 0 Å². The third-order valence-corrected chi connectivity index (χ3v) is 4.53. The van der Waals surface area contributed by atoms with Crippen molar-refractivity contribution < 1.29 is 9.05 Å². The van der Waals surface area contributed by atoms with Crippen LogP contribution in [0.5, 0.6) is 0 Å². The third-order valence-electron chi connectivity index (χ3n) is 4.53. The first-order valence-electron chi connectivity index (χ1n) is 7.80. The fourth-order valence-electron chi connectivity index (χ4n) is 3.07. The summed E-state index contributed by atoms with van der Waals surface area (Å²) in [7, 11) is 0. The Bertz CT molecular complexity index is 865.